The van der Waals surface area contributed by atoms with Crippen LogP contribution in [0.25, 0.3) is 0 Å². The minimum absolute atomic E-state index is 0.0196. The second kappa shape index (κ2) is 5.90. The normalized spacial score (nSPS) is 11.4. The van der Waals surface area contributed by atoms with Crippen molar-refractivity contribution in [3.63, 3.8) is 0 Å². The van der Waals surface area contributed by atoms with Gasteiger partial charge in [0.25, 0.3) is 0 Å². The maximum Gasteiger partial charge on any atom is 0.416 e. The third-order valence-electron chi connectivity index (χ3n) is 2.52. The molecule has 2 rings (SSSR count). The fourth-order valence-corrected chi connectivity index (χ4v) is 2.60. The predicted molar refractivity (Wildman–Crippen MR) is 74.8 cm³/mol. The van der Waals surface area contributed by atoms with Crippen molar-refractivity contribution in [2.75, 3.05) is 5.32 Å². The molecule has 2 aromatic rings. The van der Waals surface area contributed by atoms with Crippen molar-refractivity contribution in [2.24, 2.45) is 0 Å². The lowest BCUT2D eigenvalue weighted by atomic mass is 10.2. The molecule has 1 N–H and O–H groups in total. The molecule has 1 aromatic carbocycles. The molecule has 0 saturated heterocycles. The molecule has 0 unspecified atom stereocenters. The standard InChI is InChI=1S/C12H8ClF3N2O2S/c13-8-3-7(12(14,15)16)4-9(5-8)17-6-10-1-2-11(21-10)18(19)20/h1-5,17H,6H2. The van der Waals surface area contributed by atoms with Crippen molar-refractivity contribution in [3.05, 3.63) is 55.9 Å². The Hall–Kier alpha value is -1.80. The topological polar surface area (TPSA) is 55.2 Å². The molecule has 1 heterocycles. The van der Waals surface area contributed by atoms with Crippen molar-refractivity contribution in [3.8, 4) is 0 Å². The molecule has 1 aromatic heterocycles. The maximum atomic E-state index is 12.6. The molecular formula is C12H8ClF3N2O2S. The number of anilines is 1. The van der Waals surface area contributed by atoms with Gasteiger partial charge < -0.3 is 5.32 Å². The molecule has 21 heavy (non-hydrogen) atoms. The number of halogens is 4. The number of nitrogens with zero attached hydrogens (tertiary/aromatic N) is 1. The molecule has 0 aliphatic heterocycles. The first-order chi connectivity index (χ1) is 9.75. The van der Waals surface area contributed by atoms with Gasteiger partial charge in [-0.3, -0.25) is 10.1 Å². The summed E-state index contributed by atoms with van der Waals surface area (Å²) in [6.07, 6.45) is -4.48. The van der Waals surface area contributed by atoms with E-state index in [-0.39, 0.29) is 22.3 Å². The highest BCUT2D eigenvalue weighted by atomic mass is 35.5. The SMILES string of the molecule is O=[N+]([O-])c1ccc(CNc2cc(Cl)cc(C(F)(F)F)c2)s1. The van der Waals surface area contributed by atoms with E-state index in [0.717, 1.165) is 23.5 Å². The number of thiophene rings is 1. The van der Waals surface area contributed by atoms with Gasteiger partial charge in [0, 0.05) is 28.2 Å². The molecule has 0 saturated carbocycles. The summed E-state index contributed by atoms with van der Waals surface area (Å²) in [5.74, 6) is 0. The molecule has 0 atom stereocenters. The van der Waals surface area contributed by atoms with Crippen LogP contribution in [0.4, 0.5) is 23.9 Å². The largest absolute Gasteiger partial charge is 0.416 e. The number of nitrogens with one attached hydrogen (secondary N) is 1. The van der Waals surface area contributed by atoms with Crippen LogP contribution in [-0.2, 0) is 12.7 Å². The van der Waals surface area contributed by atoms with E-state index in [1.807, 2.05) is 0 Å². The Balaban J connectivity index is 2.12. The highest BCUT2D eigenvalue weighted by Crippen LogP contribution is 2.33. The molecular weight excluding hydrogens is 329 g/mol. The van der Waals surface area contributed by atoms with Crippen molar-refractivity contribution in [2.45, 2.75) is 12.7 Å². The molecule has 4 nitrogen and oxygen atoms in total. The Morgan fingerprint density at radius 2 is 2.00 bits per heavy atom. The van der Waals surface area contributed by atoms with Gasteiger partial charge >= 0.3 is 11.2 Å². The van der Waals surface area contributed by atoms with Crippen LogP contribution in [-0.4, -0.2) is 4.92 Å². The van der Waals surface area contributed by atoms with Crippen LogP contribution in [0.3, 0.4) is 0 Å². The second-order valence-corrected chi connectivity index (χ2v) is 5.66. The first-order valence-corrected chi connectivity index (χ1v) is 6.80. The Morgan fingerprint density at radius 3 is 2.57 bits per heavy atom. The highest BCUT2D eigenvalue weighted by Gasteiger charge is 2.31. The van der Waals surface area contributed by atoms with Crippen molar-refractivity contribution >= 4 is 33.6 Å². The third-order valence-corrected chi connectivity index (χ3v) is 3.77. The van der Waals surface area contributed by atoms with E-state index in [0.29, 0.717) is 4.88 Å². The summed E-state index contributed by atoms with van der Waals surface area (Å²) in [6.45, 7) is 0.177. The highest BCUT2D eigenvalue weighted by molar-refractivity contribution is 7.15. The summed E-state index contributed by atoms with van der Waals surface area (Å²) in [6, 6.07) is 6.03. The Bertz CT molecular complexity index is 673. The van der Waals surface area contributed by atoms with Crippen LogP contribution < -0.4 is 5.32 Å². The van der Waals surface area contributed by atoms with Gasteiger partial charge in [0.05, 0.1) is 10.5 Å². The van der Waals surface area contributed by atoms with Gasteiger partial charge in [0.2, 0.25) is 0 Å². The summed E-state index contributed by atoms with van der Waals surface area (Å²) < 4.78 is 37.9. The van der Waals surface area contributed by atoms with Gasteiger partial charge in [-0.05, 0) is 24.3 Å². The lowest BCUT2D eigenvalue weighted by Gasteiger charge is -2.11. The lowest BCUT2D eigenvalue weighted by molar-refractivity contribution is -0.380. The van der Waals surface area contributed by atoms with E-state index in [4.69, 9.17) is 11.6 Å². The molecule has 0 amide bonds. The zero-order chi connectivity index (χ0) is 15.6. The van der Waals surface area contributed by atoms with Gasteiger partial charge in [-0.1, -0.05) is 22.9 Å². The van der Waals surface area contributed by atoms with Crippen LogP contribution in [0.5, 0.6) is 0 Å². The zero-order valence-electron chi connectivity index (χ0n) is 10.3. The van der Waals surface area contributed by atoms with E-state index >= 15 is 0 Å². The fraction of sp³-hybridized carbons (Fsp3) is 0.167. The summed E-state index contributed by atoms with van der Waals surface area (Å²) in [7, 11) is 0. The Kier molecular flexibility index (Phi) is 4.38. The number of nitro groups is 1. The van der Waals surface area contributed by atoms with Gasteiger partial charge in [0.1, 0.15) is 0 Å². The van der Waals surface area contributed by atoms with Gasteiger partial charge in [-0.15, -0.1) is 0 Å². The van der Waals surface area contributed by atoms with E-state index in [9.17, 15) is 23.3 Å². The van der Waals surface area contributed by atoms with Crippen molar-refractivity contribution < 1.29 is 18.1 Å². The number of hydrogen-bond acceptors (Lipinski definition) is 4. The Morgan fingerprint density at radius 1 is 1.29 bits per heavy atom. The molecule has 0 radical (unpaired) electrons. The smallest absolute Gasteiger partial charge is 0.380 e. The maximum absolute atomic E-state index is 12.6. The van der Waals surface area contributed by atoms with E-state index in [1.165, 1.54) is 12.1 Å². The van der Waals surface area contributed by atoms with Crippen LogP contribution in [0.1, 0.15) is 10.4 Å². The lowest BCUT2D eigenvalue weighted by Crippen LogP contribution is -2.06. The minimum atomic E-state index is -4.48. The monoisotopic (exact) mass is 336 g/mol. The minimum Gasteiger partial charge on any atom is -0.380 e. The quantitative estimate of drug-likeness (QED) is 0.635. The number of alkyl halides is 3. The second-order valence-electron chi connectivity index (χ2n) is 4.08. The molecule has 0 aliphatic rings. The van der Waals surface area contributed by atoms with E-state index in [1.54, 1.807) is 6.07 Å². The summed E-state index contributed by atoms with van der Waals surface area (Å²) in [5.41, 5.74) is -0.652. The van der Waals surface area contributed by atoms with Crippen LogP contribution in [0, 0.1) is 10.1 Å². The van der Waals surface area contributed by atoms with Crippen LogP contribution in [0.2, 0.25) is 5.02 Å². The Labute approximate surface area is 126 Å². The zero-order valence-corrected chi connectivity index (χ0v) is 11.9. The molecule has 0 fully saturated rings. The average Bonchev–Trinajstić information content (AvgIpc) is 2.83. The van der Waals surface area contributed by atoms with Crippen molar-refractivity contribution in [1.29, 1.82) is 0 Å². The molecule has 0 aliphatic carbocycles. The van der Waals surface area contributed by atoms with Crippen molar-refractivity contribution in [1.82, 2.24) is 0 Å². The van der Waals surface area contributed by atoms with Gasteiger partial charge in [-0.25, -0.2) is 0 Å². The van der Waals surface area contributed by atoms with Gasteiger partial charge in [-0.2, -0.15) is 13.2 Å². The molecule has 0 bridgehead atoms. The van der Waals surface area contributed by atoms with E-state index in [2.05, 4.69) is 5.32 Å². The van der Waals surface area contributed by atoms with Gasteiger partial charge in [0.15, 0.2) is 0 Å². The molecule has 112 valence electrons. The van der Waals surface area contributed by atoms with E-state index < -0.39 is 16.7 Å². The first-order valence-electron chi connectivity index (χ1n) is 5.60. The predicted octanol–water partition coefficient (Wildman–Crippen LogP) is 4.94. The number of rotatable bonds is 4. The average molecular weight is 337 g/mol. The van der Waals surface area contributed by atoms with Crippen LogP contribution >= 0.6 is 22.9 Å². The molecule has 0 spiro atoms. The summed E-state index contributed by atoms with van der Waals surface area (Å²) in [4.78, 5) is 10.7. The van der Waals surface area contributed by atoms with Crippen LogP contribution in [0.15, 0.2) is 30.3 Å². The third kappa shape index (κ3) is 4.08. The first kappa shape index (κ1) is 15.6. The molecule has 9 heteroatoms. The number of hydrogen-bond donors (Lipinski definition) is 1. The summed E-state index contributed by atoms with van der Waals surface area (Å²) in [5, 5.41) is 13.3. The fourth-order valence-electron chi connectivity index (χ4n) is 1.60. The number of benzene rings is 1. The summed E-state index contributed by atoms with van der Waals surface area (Å²) >= 11 is 6.61.